The number of benzene rings is 1. The molecule has 0 saturated heterocycles. The van der Waals surface area contributed by atoms with Crippen LogP contribution in [0.25, 0.3) is 0 Å². The summed E-state index contributed by atoms with van der Waals surface area (Å²) < 4.78 is 25.1. The second-order valence-corrected chi connectivity index (χ2v) is 6.93. The second kappa shape index (κ2) is 5.82. The van der Waals surface area contributed by atoms with E-state index in [4.69, 9.17) is 5.73 Å². The Morgan fingerprint density at radius 2 is 1.67 bits per heavy atom. The third-order valence-corrected chi connectivity index (χ3v) is 4.90. The van der Waals surface area contributed by atoms with Crippen molar-refractivity contribution in [3.05, 3.63) is 34.4 Å². The van der Waals surface area contributed by atoms with Gasteiger partial charge in [0.1, 0.15) is 0 Å². The highest BCUT2D eigenvalue weighted by molar-refractivity contribution is 7.89. The summed E-state index contributed by atoms with van der Waals surface area (Å²) >= 11 is 0. The molecule has 18 heavy (non-hydrogen) atoms. The molecule has 0 amide bonds. The lowest BCUT2D eigenvalue weighted by molar-refractivity contribution is 0.465. The van der Waals surface area contributed by atoms with E-state index in [2.05, 4.69) is 12.1 Å². The van der Waals surface area contributed by atoms with Crippen molar-refractivity contribution in [1.29, 1.82) is 0 Å². The minimum absolute atomic E-state index is 0.00649. The molecule has 0 aliphatic heterocycles. The number of sulfonamides is 1. The Morgan fingerprint density at radius 3 is 2.11 bits per heavy atom. The smallest absolute Gasteiger partial charge is 0.215 e. The van der Waals surface area contributed by atoms with Gasteiger partial charge in [0.25, 0.3) is 0 Å². The molecule has 0 unspecified atom stereocenters. The van der Waals surface area contributed by atoms with Crippen LogP contribution in [0.5, 0.6) is 0 Å². The molecule has 102 valence electrons. The second-order valence-electron chi connectivity index (χ2n) is 4.74. The Morgan fingerprint density at radius 1 is 1.17 bits per heavy atom. The maximum absolute atomic E-state index is 11.9. The number of hydrogen-bond donors (Lipinski definition) is 1. The van der Waals surface area contributed by atoms with E-state index >= 15 is 0 Å². The maximum atomic E-state index is 11.9. The molecule has 1 rings (SSSR count). The van der Waals surface area contributed by atoms with E-state index < -0.39 is 10.0 Å². The number of aryl methyl sites for hydroxylation is 3. The van der Waals surface area contributed by atoms with Gasteiger partial charge in [0, 0.05) is 20.1 Å². The molecule has 0 aliphatic carbocycles. The summed E-state index contributed by atoms with van der Waals surface area (Å²) in [6.07, 6.45) is 0. The molecule has 0 atom stereocenters. The van der Waals surface area contributed by atoms with Crippen LogP contribution in [0.3, 0.4) is 0 Å². The Kier molecular flexibility index (Phi) is 4.90. The molecule has 0 bridgehead atoms. The number of nitrogens with two attached hydrogens (primary N) is 1. The monoisotopic (exact) mass is 270 g/mol. The summed E-state index contributed by atoms with van der Waals surface area (Å²) in [6, 6.07) is 4.15. The summed E-state index contributed by atoms with van der Waals surface area (Å²) in [4.78, 5) is 0. The van der Waals surface area contributed by atoms with Gasteiger partial charge in [0.05, 0.1) is 5.75 Å². The lowest BCUT2D eigenvalue weighted by atomic mass is 10.00. The molecule has 0 aliphatic rings. The van der Waals surface area contributed by atoms with Crippen molar-refractivity contribution in [2.24, 2.45) is 5.73 Å². The average Bonchev–Trinajstić information content (AvgIpc) is 2.22. The van der Waals surface area contributed by atoms with E-state index in [1.54, 1.807) is 7.05 Å². The summed E-state index contributed by atoms with van der Waals surface area (Å²) in [5.74, 6) is -0.00649. The van der Waals surface area contributed by atoms with Crippen molar-refractivity contribution in [1.82, 2.24) is 4.31 Å². The molecule has 4 nitrogen and oxygen atoms in total. The maximum Gasteiger partial charge on any atom is 0.215 e. The average molecular weight is 270 g/mol. The molecule has 0 heterocycles. The molecule has 0 spiro atoms. The van der Waals surface area contributed by atoms with E-state index in [0.717, 1.165) is 16.7 Å². The highest BCUT2D eigenvalue weighted by atomic mass is 32.2. The van der Waals surface area contributed by atoms with Gasteiger partial charge < -0.3 is 5.73 Å². The Labute approximate surface area is 110 Å². The van der Waals surface area contributed by atoms with E-state index in [0.29, 0.717) is 6.54 Å². The summed E-state index contributed by atoms with van der Waals surface area (Å²) in [6.45, 7) is 6.62. The first kappa shape index (κ1) is 15.1. The zero-order chi connectivity index (χ0) is 13.9. The van der Waals surface area contributed by atoms with Crippen LogP contribution >= 0.6 is 0 Å². The van der Waals surface area contributed by atoms with Crippen molar-refractivity contribution in [2.75, 3.05) is 19.3 Å². The van der Waals surface area contributed by atoms with Crippen molar-refractivity contribution in [3.8, 4) is 0 Å². The highest BCUT2D eigenvalue weighted by Gasteiger charge is 2.18. The summed E-state index contributed by atoms with van der Waals surface area (Å²) in [5.41, 5.74) is 9.84. The SMILES string of the molecule is Cc1cc(C)c(CN(C)S(=O)(=O)CCN)c(C)c1. The predicted molar refractivity (Wildman–Crippen MR) is 75.0 cm³/mol. The topological polar surface area (TPSA) is 63.4 Å². The molecule has 1 aromatic rings. The number of hydrogen-bond acceptors (Lipinski definition) is 3. The minimum Gasteiger partial charge on any atom is -0.329 e. The van der Waals surface area contributed by atoms with Crippen LogP contribution in [0.15, 0.2) is 12.1 Å². The van der Waals surface area contributed by atoms with Crippen molar-refractivity contribution in [3.63, 3.8) is 0 Å². The Bertz CT molecular complexity index is 501. The first-order chi connectivity index (χ1) is 8.27. The lowest BCUT2D eigenvalue weighted by Gasteiger charge is -2.20. The van der Waals surface area contributed by atoms with Crippen molar-refractivity contribution >= 4 is 10.0 Å². The first-order valence-corrected chi connectivity index (χ1v) is 7.59. The van der Waals surface area contributed by atoms with Gasteiger partial charge in [-0.25, -0.2) is 12.7 Å². The number of nitrogens with zero attached hydrogens (tertiary/aromatic N) is 1. The quantitative estimate of drug-likeness (QED) is 0.878. The molecular formula is C13H22N2O2S. The van der Waals surface area contributed by atoms with E-state index in [1.165, 1.54) is 9.87 Å². The van der Waals surface area contributed by atoms with Crippen LogP contribution in [0.1, 0.15) is 22.3 Å². The van der Waals surface area contributed by atoms with Gasteiger partial charge in [-0.1, -0.05) is 17.7 Å². The zero-order valence-corrected chi connectivity index (χ0v) is 12.3. The van der Waals surface area contributed by atoms with E-state index in [1.807, 2.05) is 20.8 Å². The van der Waals surface area contributed by atoms with Crippen LogP contribution in [-0.4, -0.2) is 32.1 Å². The molecular weight excluding hydrogens is 248 g/mol. The van der Waals surface area contributed by atoms with Gasteiger partial charge in [0.2, 0.25) is 10.0 Å². The van der Waals surface area contributed by atoms with Crippen LogP contribution in [0.4, 0.5) is 0 Å². The summed E-state index contributed by atoms with van der Waals surface area (Å²) in [5, 5.41) is 0. The molecule has 0 saturated carbocycles. The van der Waals surface area contributed by atoms with Crippen LogP contribution < -0.4 is 5.73 Å². The van der Waals surface area contributed by atoms with Gasteiger partial charge in [-0.15, -0.1) is 0 Å². The summed E-state index contributed by atoms with van der Waals surface area (Å²) in [7, 11) is -1.64. The van der Waals surface area contributed by atoms with Gasteiger partial charge in [-0.05, 0) is 37.5 Å². The van der Waals surface area contributed by atoms with E-state index in [-0.39, 0.29) is 12.3 Å². The fourth-order valence-corrected chi connectivity index (χ4v) is 3.02. The fourth-order valence-electron chi connectivity index (χ4n) is 2.09. The normalized spacial score (nSPS) is 12.1. The van der Waals surface area contributed by atoms with Gasteiger partial charge in [-0.3, -0.25) is 0 Å². The largest absolute Gasteiger partial charge is 0.329 e. The molecule has 0 fully saturated rings. The van der Waals surface area contributed by atoms with Crippen LogP contribution in [0, 0.1) is 20.8 Å². The Balaban J connectivity index is 2.99. The zero-order valence-electron chi connectivity index (χ0n) is 11.5. The van der Waals surface area contributed by atoms with E-state index in [9.17, 15) is 8.42 Å². The third-order valence-electron chi connectivity index (χ3n) is 3.07. The standard InChI is InChI=1S/C13H22N2O2S/c1-10-7-11(2)13(12(3)8-10)9-15(4)18(16,17)6-5-14/h7-8H,5-6,9,14H2,1-4H3. The minimum atomic E-state index is -3.24. The molecule has 1 aromatic carbocycles. The van der Waals surface area contributed by atoms with Crippen molar-refractivity contribution in [2.45, 2.75) is 27.3 Å². The predicted octanol–water partition coefficient (Wildman–Crippen LogP) is 1.33. The number of rotatable bonds is 5. The molecule has 2 N–H and O–H groups in total. The fraction of sp³-hybridized carbons (Fsp3) is 0.538. The van der Waals surface area contributed by atoms with Gasteiger partial charge in [0.15, 0.2) is 0 Å². The Hall–Kier alpha value is -0.910. The first-order valence-electron chi connectivity index (χ1n) is 5.98. The molecule has 5 heteroatoms. The van der Waals surface area contributed by atoms with Crippen LogP contribution in [0.2, 0.25) is 0 Å². The van der Waals surface area contributed by atoms with Crippen molar-refractivity contribution < 1.29 is 8.42 Å². The third kappa shape index (κ3) is 3.54. The molecule has 0 aromatic heterocycles. The van der Waals surface area contributed by atoms with Gasteiger partial charge in [-0.2, -0.15) is 0 Å². The molecule has 0 radical (unpaired) electrons. The highest BCUT2D eigenvalue weighted by Crippen LogP contribution is 2.19. The van der Waals surface area contributed by atoms with Crippen LogP contribution in [-0.2, 0) is 16.6 Å². The van der Waals surface area contributed by atoms with Gasteiger partial charge >= 0.3 is 0 Å². The lowest BCUT2D eigenvalue weighted by Crippen LogP contribution is -2.32.